The monoisotopic (exact) mass is 442 g/mol. The van der Waals surface area contributed by atoms with Gasteiger partial charge >= 0.3 is 12.3 Å². The lowest BCUT2D eigenvalue weighted by molar-refractivity contribution is -0.0922. The Kier molecular flexibility index (Phi) is 14.4. The van der Waals surface area contributed by atoms with Crippen LogP contribution in [-0.4, -0.2) is 37.7 Å². The quantitative estimate of drug-likeness (QED) is 0.263. The Bertz CT molecular complexity index is 494. The molecule has 1 aliphatic rings. The summed E-state index contributed by atoms with van der Waals surface area (Å²) in [4.78, 5) is 24.6. The molecule has 0 saturated heterocycles. The van der Waals surface area contributed by atoms with Gasteiger partial charge in [-0.1, -0.05) is 73.1 Å². The van der Waals surface area contributed by atoms with Crippen LogP contribution in [0.2, 0.25) is 0 Å². The Morgan fingerprint density at radius 2 is 1.32 bits per heavy atom. The van der Waals surface area contributed by atoms with Gasteiger partial charge in [-0.15, -0.1) is 0 Å². The van der Waals surface area contributed by atoms with E-state index in [1.54, 1.807) is 0 Å². The number of unbranched alkanes of at least 4 members (excludes halogenated alkanes) is 2. The molecule has 31 heavy (non-hydrogen) atoms. The minimum absolute atomic E-state index is 0.106. The minimum Gasteiger partial charge on any atom is -0.434 e. The molecule has 6 heteroatoms. The maximum atomic E-state index is 12.3. The Balaban J connectivity index is 2.51. The van der Waals surface area contributed by atoms with Crippen molar-refractivity contribution < 1.29 is 28.5 Å². The van der Waals surface area contributed by atoms with Crippen LogP contribution < -0.4 is 0 Å². The van der Waals surface area contributed by atoms with E-state index in [4.69, 9.17) is 18.9 Å². The smallest absolute Gasteiger partial charge is 0.434 e. The number of carbonyl (C=O) groups excluding carboxylic acids is 2. The van der Waals surface area contributed by atoms with E-state index >= 15 is 0 Å². The molecule has 1 saturated carbocycles. The van der Waals surface area contributed by atoms with E-state index in [0.717, 1.165) is 64.2 Å². The molecule has 1 aliphatic carbocycles. The van der Waals surface area contributed by atoms with Gasteiger partial charge in [0.15, 0.2) is 0 Å². The molecule has 1 rings (SSSR count). The minimum atomic E-state index is -0.665. The third-order valence-corrected chi connectivity index (χ3v) is 6.52. The van der Waals surface area contributed by atoms with E-state index in [2.05, 4.69) is 27.7 Å². The average molecular weight is 443 g/mol. The molecule has 0 aliphatic heterocycles. The van der Waals surface area contributed by atoms with E-state index in [-0.39, 0.29) is 5.92 Å². The fraction of sp³-hybridized carbons (Fsp3) is 0.920. The summed E-state index contributed by atoms with van der Waals surface area (Å²) in [5, 5.41) is 0. The largest absolute Gasteiger partial charge is 0.508 e. The van der Waals surface area contributed by atoms with Gasteiger partial charge in [0.05, 0.1) is 13.2 Å². The predicted molar refractivity (Wildman–Crippen MR) is 122 cm³/mol. The predicted octanol–water partition coefficient (Wildman–Crippen LogP) is 7.28. The molecule has 0 aromatic rings. The van der Waals surface area contributed by atoms with Crippen molar-refractivity contribution in [3.05, 3.63) is 0 Å². The lowest BCUT2D eigenvalue weighted by Crippen LogP contribution is -2.43. The van der Waals surface area contributed by atoms with Gasteiger partial charge in [0.25, 0.3) is 0 Å². The number of hydrogen-bond acceptors (Lipinski definition) is 6. The summed E-state index contributed by atoms with van der Waals surface area (Å²) >= 11 is 0. The van der Waals surface area contributed by atoms with Crippen LogP contribution in [0.1, 0.15) is 105 Å². The molecule has 0 radical (unpaired) electrons. The molecule has 5 atom stereocenters. The molecule has 0 aromatic carbocycles. The topological polar surface area (TPSA) is 71.1 Å². The Labute approximate surface area is 189 Å². The fourth-order valence-electron chi connectivity index (χ4n) is 4.12. The molecule has 5 unspecified atom stereocenters. The molecular weight excluding hydrogens is 396 g/mol. The highest BCUT2D eigenvalue weighted by Gasteiger charge is 2.37. The highest BCUT2D eigenvalue weighted by molar-refractivity contribution is 5.61. The average Bonchev–Trinajstić information content (AvgIpc) is 2.76. The molecule has 6 nitrogen and oxygen atoms in total. The Morgan fingerprint density at radius 3 is 1.81 bits per heavy atom. The molecular formula is C25H46O6. The van der Waals surface area contributed by atoms with Gasteiger partial charge in [-0.2, -0.15) is 0 Å². The Morgan fingerprint density at radius 1 is 0.806 bits per heavy atom. The first-order valence-electron chi connectivity index (χ1n) is 12.6. The van der Waals surface area contributed by atoms with Crippen molar-refractivity contribution in [1.82, 2.24) is 0 Å². The molecule has 1 fully saturated rings. The summed E-state index contributed by atoms with van der Waals surface area (Å²) in [5.41, 5.74) is 0. The standard InChI is InChI=1S/C25H46O6/c1-6-10-14-20(8-3)17-28-24(26)30-22-16-12-13-19(5)23(22)31-25(27)29-18-21(9-4)15-11-7-2/h19-23H,6-18H2,1-5H3. The van der Waals surface area contributed by atoms with Gasteiger partial charge in [0.2, 0.25) is 0 Å². The SMILES string of the molecule is CCCCC(CC)COC(=O)OC1CCCC(C)C1OC(=O)OCC(CC)CCCC. The van der Waals surface area contributed by atoms with Crippen molar-refractivity contribution in [2.75, 3.05) is 13.2 Å². The zero-order valence-corrected chi connectivity index (χ0v) is 20.5. The van der Waals surface area contributed by atoms with E-state index < -0.39 is 24.5 Å². The van der Waals surface area contributed by atoms with Crippen LogP contribution in [0.25, 0.3) is 0 Å². The summed E-state index contributed by atoms with van der Waals surface area (Å²) in [5.74, 6) is 0.825. The third-order valence-electron chi connectivity index (χ3n) is 6.52. The zero-order chi connectivity index (χ0) is 23.1. The second-order valence-electron chi connectivity index (χ2n) is 9.10. The molecule has 0 aromatic heterocycles. The molecule has 0 heterocycles. The van der Waals surface area contributed by atoms with E-state index in [1.165, 1.54) is 0 Å². The molecule has 0 bridgehead atoms. The van der Waals surface area contributed by atoms with Crippen molar-refractivity contribution in [2.45, 2.75) is 117 Å². The Hall–Kier alpha value is -1.46. The van der Waals surface area contributed by atoms with Crippen molar-refractivity contribution in [2.24, 2.45) is 17.8 Å². The molecule has 182 valence electrons. The highest BCUT2D eigenvalue weighted by Crippen LogP contribution is 2.30. The summed E-state index contributed by atoms with van der Waals surface area (Å²) in [6, 6.07) is 0. The number of carbonyl (C=O) groups is 2. The van der Waals surface area contributed by atoms with Crippen LogP contribution in [0.5, 0.6) is 0 Å². The van der Waals surface area contributed by atoms with Gasteiger partial charge in [-0.05, 0) is 49.9 Å². The summed E-state index contributed by atoms with van der Waals surface area (Å²) in [6.07, 6.45) is 8.79. The van der Waals surface area contributed by atoms with Crippen molar-refractivity contribution in [3.8, 4) is 0 Å². The summed E-state index contributed by atoms with van der Waals surface area (Å²) < 4.78 is 22.0. The maximum absolute atomic E-state index is 12.3. The molecule has 0 amide bonds. The highest BCUT2D eigenvalue weighted by atomic mass is 16.8. The number of ether oxygens (including phenoxy) is 4. The van der Waals surface area contributed by atoms with Gasteiger partial charge in [-0.3, -0.25) is 0 Å². The van der Waals surface area contributed by atoms with Crippen LogP contribution in [0.4, 0.5) is 9.59 Å². The second-order valence-corrected chi connectivity index (χ2v) is 9.10. The van der Waals surface area contributed by atoms with E-state index in [9.17, 15) is 9.59 Å². The summed E-state index contributed by atoms with van der Waals surface area (Å²) in [7, 11) is 0. The van der Waals surface area contributed by atoms with Crippen molar-refractivity contribution in [3.63, 3.8) is 0 Å². The second kappa shape index (κ2) is 16.2. The zero-order valence-electron chi connectivity index (χ0n) is 20.5. The molecule has 0 N–H and O–H groups in total. The maximum Gasteiger partial charge on any atom is 0.508 e. The van der Waals surface area contributed by atoms with Crippen LogP contribution >= 0.6 is 0 Å². The van der Waals surface area contributed by atoms with Gasteiger partial charge in [-0.25, -0.2) is 9.59 Å². The van der Waals surface area contributed by atoms with E-state index in [1.807, 2.05) is 6.92 Å². The first-order chi connectivity index (χ1) is 14.9. The van der Waals surface area contributed by atoms with E-state index in [0.29, 0.717) is 31.5 Å². The van der Waals surface area contributed by atoms with Gasteiger partial charge in [0.1, 0.15) is 12.2 Å². The lowest BCUT2D eigenvalue weighted by Gasteiger charge is -2.34. The number of rotatable bonds is 14. The van der Waals surface area contributed by atoms with Crippen molar-refractivity contribution in [1.29, 1.82) is 0 Å². The van der Waals surface area contributed by atoms with Crippen LogP contribution in [-0.2, 0) is 18.9 Å². The summed E-state index contributed by atoms with van der Waals surface area (Å²) in [6.45, 7) is 11.3. The van der Waals surface area contributed by atoms with Crippen molar-refractivity contribution >= 4 is 12.3 Å². The van der Waals surface area contributed by atoms with Gasteiger partial charge in [0, 0.05) is 0 Å². The van der Waals surface area contributed by atoms with Crippen LogP contribution in [0.15, 0.2) is 0 Å². The van der Waals surface area contributed by atoms with Crippen LogP contribution in [0, 0.1) is 17.8 Å². The number of hydrogen-bond donors (Lipinski definition) is 0. The normalized spacial score (nSPS) is 22.9. The lowest BCUT2D eigenvalue weighted by atomic mass is 9.85. The first kappa shape index (κ1) is 27.6. The first-order valence-corrected chi connectivity index (χ1v) is 12.6. The molecule has 0 spiro atoms. The van der Waals surface area contributed by atoms with Crippen LogP contribution in [0.3, 0.4) is 0 Å². The third kappa shape index (κ3) is 11.1. The fourth-order valence-corrected chi connectivity index (χ4v) is 4.12. The van der Waals surface area contributed by atoms with Gasteiger partial charge < -0.3 is 18.9 Å².